The third kappa shape index (κ3) is 16.1. The Hall–Kier alpha value is -2.69. The molecule has 248 valence electrons. The van der Waals surface area contributed by atoms with E-state index in [0.29, 0.717) is 59.5 Å². The Balaban J connectivity index is 0.000000523. The lowest BCUT2D eigenvalue weighted by Crippen LogP contribution is -2.30. The third-order valence-corrected chi connectivity index (χ3v) is 7.33. The Morgan fingerprint density at radius 3 is 1.56 bits per heavy atom. The van der Waals surface area contributed by atoms with Crippen molar-refractivity contribution in [3.05, 3.63) is 47.1 Å². The van der Waals surface area contributed by atoms with Gasteiger partial charge in [-0.2, -0.15) is 26.3 Å². The number of aryl methyl sites for hydroxylation is 1. The Morgan fingerprint density at radius 2 is 1.16 bits per heavy atom. The molecule has 2 N–H and O–H groups in total. The second-order valence-corrected chi connectivity index (χ2v) is 11.5. The van der Waals surface area contributed by atoms with Crippen LogP contribution in [0.3, 0.4) is 0 Å². The number of halogens is 6. The van der Waals surface area contributed by atoms with Gasteiger partial charge in [0.1, 0.15) is 31.3 Å². The van der Waals surface area contributed by atoms with Crippen molar-refractivity contribution in [3.63, 3.8) is 0 Å². The van der Waals surface area contributed by atoms with Gasteiger partial charge in [0.2, 0.25) is 6.33 Å². The summed E-state index contributed by atoms with van der Waals surface area (Å²) in [5, 5.41) is 0. The number of anilines is 1. The van der Waals surface area contributed by atoms with Crippen molar-refractivity contribution < 1.29 is 71.4 Å². The van der Waals surface area contributed by atoms with E-state index in [1.807, 2.05) is 54.6 Å². The summed E-state index contributed by atoms with van der Waals surface area (Å²) in [6, 6.07) is 7.29. The minimum absolute atomic E-state index is 0.496. The second kappa shape index (κ2) is 18.2. The smallest absolute Gasteiger partial charge is 0.480 e. The van der Waals surface area contributed by atoms with Crippen LogP contribution in [0.15, 0.2) is 43.0 Å². The van der Waals surface area contributed by atoms with Crippen LogP contribution in [-0.2, 0) is 52.6 Å². The molecule has 21 heteroatoms. The van der Waals surface area contributed by atoms with Crippen molar-refractivity contribution in [1.29, 1.82) is 0 Å². The van der Waals surface area contributed by atoms with Crippen LogP contribution < -0.4 is 15.0 Å². The van der Waals surface area contributed by atoms with E-state index in [-0.39, 0.29) is 0 Å². The standard InChI is InChI=1S/C20H32N3O5.C2F6NO4S2/c1-22-6-7-23(18-22)8-9-24-10-11-25-12-13-26-14-15-27-16-17-28-20-4-2-19(21)3-5-20;3-1(4,5)14(10,11)9-15(12,13)2(6,7)8/h2-7,18H,8-17,21H2,1H3;/q+1;-1. The van der Waals surface area contributed by atoms with Gasteiger partial charge in [-0.25, -0.2) is 26.0 Å². The molecule has 0 saturated heterocycles. The van der Waals surface area contributed by atoms with Gasteiger partial charge in [0, 0.05) is 5.69 Å². The summed E-state index contributed by atoms with van der Waals surface area (Å²) >= 11 is 0. The van der Waals surface area contributed by atoms with Crippen LogP contribution in [0.1, 0.15) is 0 Å². The zero-order chi connectivity index (χ0) is 32.6. The van der Waals surface area contributed by atoms with Gasteiger partial charge in [0.05, 0.1) is 59.9 Å². The van der Waals surface area contributed by atoms with E-state index in [9.17, 15) is 43.2 Å². The Bertz CT molecular complexity index is 1230. The van der Waals surface area contributed by atoms with E-state index in [1.54, 1.807) is 0 Å². The first-order chi connectivity index (χ1) is 19.9. The summed E-state index contributed by atoms with van der Waals surface area (Å²) in [4.78, 5) is 0. The van der Waals surface area contributed by atoms with Gasteiger partial charge in [0.25, 0.3) is 0 Å². The lowest BCUT2D eigenvalue weighted by Gasteiger charge is -2.22. The number of rotatable bonds is 18. The summed E-state index contributed by atoms with van der Waals surface area (Å²) in [6.45, 7) is 5.86. The normalized spacial score (nSPS) is 12.5. The topological polar surface area (TPSA) is 163 Å². The number of nitrogens with zero attached hydrogens (tertiary/aromatic N) is 3. The Kier molecular flexibility index (Phi) is 16.2. The lowest BCUT2D eigenvalue weighted by atomic mass is 10.3. The molecule has 0 spiro atoms. The fourth-order valence-electron chi connectivity index (χ4n) is 2.56. The Labute approximate surface area is 244 Å². The molecule has 1 aromatic heterocycles. The van der Waals surface area contributed by atoms with Gasteiger partial charge >= 0.3 is 11.0 Å². The zero-order valence-corrected chi connectivity index (χ0v) is 24.4. The molecule has 0 radical (unpaired) electrons. The summed E-state index contributed by atoms with van der Waals surface area (Å²) in [5.41, 5.74) is -6.07. The van der Waals surface area contributed by atoms with Crippen molar-refractivity contribution in [2.45, 2.75) is 17.6 Å². The molecule has 1 aromatic carbocycles. The zero-order valence-electron chi connectivity index (χ0n) is 22.8. The van der Waals surface area contributed by atoms with Crippen LogP contribution in [0.5, 0.6) is 5.75 Å². The number of aromatic nitrogens is 2. The van der Waals surface area contributed by atoms with Gasteiger partial charge < -0.3 is 33.5 Å². The fraction of sp³-hybridized carbons (Fsp3) is 0.591. The molecule has 13 nitrogen and oxygen atoms in total. The molecule has 0 amide bonds. The predicted octanol–water partition coefficient (Wildman–Crippen LogP) is 2.10. The molecule has 0 atom stereocenters. The van der Waals surface area contributed by atoms with Crippen molar-refractivity contribution in [3.8, 4) is 5.75 Å². The molecule has 43 heavy (non-hydrogen) atoms. The highest BCUT2D eigenvalue weighted by atomic mass is 32.3. The van der Waals surface area contributed by atoms with Crippen LogP contribution in [0.4, 0.5) is 32.0 Å². The first kappa shape index (κ1) is 38.3. The number of hydrogen-bond donors (Lipinski definition) is 1. The molecule has 0 aliphatic carbocycles. The van der Waals surface area contributed by atoms with Gasteiger partial charge in [-0.3, -0.25) is 0 Å². The number of nitrogen functional groups attached to an aromatic ring is 1. The molecule has 2 rings (SSSR count). The molecule has 2 aromatic rings. The summed E-state index contributed by atoms with van der Waals surface area (Å²) in [7, 11) is -11.4. The molecule has 0 unspecified atom stereocenters. The molecule has 0 bridgehead atoms. The summed E-state index contributed by atoms with van der Waals surface area (Å²) < 4.78 is 141. The molecule has 0 saturated carbocycles. The van der Waals surface area contributed by atoms with Gasteiger partial charge in [-0.15, -0.1) is 0 Å². The number of hydrogen-bond acceptors (Lipinski definition) is 10. The largest absolute Gasteiger partial charge is 0.491 e. The van der Waals surface area contributed by atoms with Crippen molar-refractivity contribution in [2.24, 2.45) is 7.05 Å². The maximum absolute atomic E-state index is 11.4. The summed E-state index contributed by atoms with van der Waals surface area (Å²) in [5.74, 6) is 0.786. The van der Waals surface area contributed by atoms with Crippen LogP contribution >= 0.6 is 0 Å². The third-order valence-electron chi connectivity index (χ3n) is 4.59. The van der Waals surface area contributed by atoms with Crippen molar-refractivity contribution in [2.75, 3.05) is 65.2 Å². The number of sulfonamides is 2. The highest BCUT2D eigenvalue weighted by Gasteiger charge is 2.46. The first-order valence-electron chi connectivity index (χ1n) is 12.1. The molecular formula is C22H32F6N4O9S2. The SMILES string of the molecule is C[n+]1ccn(CCOCCOCCOCCOCCOc2ccc(N)cc2)c1.O=S(=O)([N-]S(=O)(=O)C(F)(F)F)C(F)(F)F. The van der Waals surface area contributed by atoms with Crippen LogP contribution in [-0.4, -0.2) is 91.9 Å². The number of benzene rings is 1. The van der Waals surface area contributed by atoms with Gasteiger partial charge in [-0.1, -0.05) is 0 Å². The van der Waals surface area contributed by atoms with Crippen molar-refractivity contribution >= 4 is 25.7 Å². The molecule has 1 heterocycles. The maximum atomic E-state index is 11.4. The van der Waals surface area contributed by atoms with Crippen LogP contribution in [0.25, 0.3) is 4.13 Å². The fourth-order valence-corrected chi connectivity index (χ4v) is 4.27. The Morgan fingerprint density at radius 1 is 0.744 bits per heavy atom. The average Bonchev–Trinajstić information content (AvgIpc) is 3.30. The minimum atomic E-state index is -6.72. The summed E-state index contributed by atoms with van der Waals surface area (Å²) in [6.07, 6.45) is 6.05. The molecule has 0 aliphatic heterocycles. The van der Waals surface area contributed by atoms with E-state index in [4.69, 9.17) is 29.4 Å². The number of ether oxygens (including phenoxy) is 5. The molecule has 0 fully saturated rings. The minimum Gasteiger partial charge on any atom is -0.491 e. The number of nitrogens with two attached hydrogens (primary N) is 1. The highest BCUT2D eigenvalue weighted by Crippen LogP contribution is 2.36. The molecule has 0 aliphatic rings. The van der Waals surface area contributed by atoms with E-state index in [1.165, 1.54) is 0 Å². The second-order valence-electron chi connectivity index (χ2n) is 8.10. The monoisotopic (exact) mass is 674 g/mol. The number of imidazole rings is 1. The highest BCUT2D eigenvalue weighted by molar-refractivity contribution is 8.13. The van der Waals surface area contributed by atoms with E-state index in [2.05, 4.69) is 4.57 Å². The predicted molar refractivity (Wildman–Crippen MR) is 139 cm³/mol. The van der Waals surface area contributed by atoms with Gasteiger partial charge in [-0.05, 0) is 24.3 Å². The van der Waals surface area contributed by atoms with Crippen LogP contribution in [0, 0.1) is 0 Å². The first-order valence-corrected chi connectivity index (χ1v) is 15.0. The molecular weight excluding hydrogens is 642 g/mol. The van der Waals surface area contributed by atoms with E-state index >= 15 is 0 Å². The quantitative estimate of drug-likeness (QED) is 0.107. The van der Waals surface area contributed by atoms with E-state index < -0.39 is 31.1 Å². The maximum Gasteiger partial charge on any atom is 0.480 e. The average molecular weight is 675 g/mol. The van der Waals surface area contributed by atoms with E-state index in [0.717, 1.165) is 22.1 Å². The van der Waals surface area contributed by atoms with Crippen molar-refractivity contribution in [1.82, 2.24) is 4.57 Å². The van der Waals surface area contributed by atoms with Gasteiger partial charge in [0.15, 0.2) is 20.0 Å². The lowest BCUT2D eigenvalue weighted by molar-refractivity contribution is -0.671. The van der Waals surface area contributed by atoms with Crippen LogP contribution in [0.2, 0.25) is 0 Å². The number of alkyl halides is 6.